The van der Waals surface area contributed by atoms with E-state index >= 15 is 0 Å². The maximum absolute atomic E-state index is 9.00. The maximum Gasteiger partial charge on any atom is 0.0853 e. The summed E-state index contributed by atoms with van der Waals surface area (Å²) in [4.78, 5) is 6.76. The monoisotopic (exact) mass is 220 g/mol. The second kappa shape index (κ2) is 3.80. The van der Waals surface area contributed by atoms with Crippen molar-refractivity contribution in [3.63, 3.8) is 0 Å². The second-order valence-electron chi connectivity index (χ2n) is 4.92. The van der Waals surface area contributed by atoms with E-state index in [1.165, 1.54) is 0 Å². The molecule has 1 aromatic rings. The molecule has 0 radical (unpaired) electrons. The third-order valence-electron chi connectivity index (χ3n) is 3.35. The Morgan fingerprint density at radius 1 is 1.31 bits per heavy atom. The van der Waals surface area contributed by atoms with E-state index in [0.29, 0.717) is 5.41 Å². The lowest BCUT2D eigenvalue weighted by atomic mass is 9.78. The fourth-order valence-electron chi connectivity index (χ4n) is 2.52. The van der Waals surface area contributed by atoms with Crippen molar-refractivity contribution in [1.29, 1.82) is 0 Å². The zero-order valence-corrected chi connectivity index (χ0v) is 9.22. The van der Waals surface area contributed by atoms with Crippen molar-refractivity contribution in [3.8, 4) is 0 Å². The highest BCUT2D eigenvalue weighted by atomic mass is 16.5. The highest BCUT2D eigenvalue weighted by molar-refractivity contribution is 5.12. The van der Waals surface area contributed by atoms with Gasteiger partial charge in [0.05, 0.1) is 31.2 Å². The van der Waals surface area contributed by atoms with Gasteiger partial charge in [-0.25, -0.2) is 0 Å². The van der Waals surface area contributed by atoms with E-state index in [4.69, 9.17) is 9.84 Å². The van der Waals surface area contributed by atoms with Crippen LogP contribution in [-0.2, 0) is 17.9 Å². The first-order chi connectivity index (χ1) is 7.80. The molecule has 1 N–H and O–H groups in total. The van der Waals surface area contributed by atoms with Gasteiger partial charge < -0.3 is 9.84 Å². The van der Waals surface area contributed by atoms with Crippen LogP contribution in [0.5, 0.6) is 0 Å². The van der Waals surface area contributed by atoms with Gasteiger partial charge >= 0.3 is 0 Å². The molecule has 2 aliphatic heterocycles. The quantitative estimate of drug-likeness (QED) is 0.801. The van der Waals surface area contributed by atoms with Crippen molar-refractivity contribution in [2.45, 2.75) is 13.2 Å². The van der Waals surface area contributed by atoms with Gasteiger partial charge in [0.25, 0.3) is 0 Å². The molecule has 86 valence electrons. The summed E-state index contributed by atoms with van der Waals surface area (Å²) < 4.78 is 5.24. The Bertz CT molecular complexity index is 382. The molecule has 1 spiro atoms. The van der Waals surface area contributed by atoms with Gasteiger partial charge in [-0.2, -0.15) is 0 Å². The fourth-order valence-corrected chi connectivity index (χ4v) is 2.52. The summed E-state index contributed by atoms with van der Waals surface area (Å²) in [5.74, 6) is 0. The molecule has 4 nitrogen and oxygen atoms in total. The fraction of sp³-hybridized carbons (Fsp3) is 0.583. The Morgan fingerprint density at radius 3 is 2.69 bits per heavy atom. The zero-order chi connectivity index (χ0) is 11.0. The van der Waals surface area contributed by atoms with Crippen molar-refractivity contribution in [2.75, 3.05) is 26.3 Å². The van der Waals surface area contributed by atoms with Crippen LogP contribution in [0.1, 0.15) is 11.4 Å². The SMILES string of the molecule is OCc1cccc(CN2CC3(COC3)C2)n1. The number of aliphatic hydroxyl groups excluding tert-OH is 1. The van der Waals surface area contributed by atoms with E-state index in [1.54, 1.807) is 0 Å². The van der Waals surface area contributed by atoms with Crippen LogP contribution in [0.3, 0.4) is 0 Å². The number of aromatic nitrogens is 1. The van der Waals surface area contributed by atoms with E-state index in [9.17, 15) is 0 Å². The van der Waals surface area contributed by atoms with Crippen molar-refractivity contribution in [3.05, 3.63) is 29.6 Å². The van der Waals surface area contributed by atoms with Gasteiger partial charge in [-0.15, -0.1) is 0 Å². The minimum Gasteiger partial charge on any atom is -0.390 e. The summed E-state index contributed by atoms with van der Waals surface area (Å²) in [5.41, 5.74) is 2.26. The summed E-state index contributed by atoms with van der Waals surface area (Å²) in [6.07, 6.45) is 0. The van der Waals surface area contributed by atoms with Gasteiger partial charge in [-0.05, 0) is 12.1 Å². The Labute approximate surface area is 94.9 Å². The molecule has 0 aliphatic carbocycles. The van der Waals surface area contributed by atoms with Crippen LogP contribution in [0.4, 0.5) is 0 Å². The van der Waals surface area contributed by atoms with Gasteiger partial charge in [-0.3, -0.25) is 9.88 Å². The Balaban J connectivity index is 1.58. The number of nitrogens with zero attached hydrogens (tertiary/aromatic N) is 2. The van der Waals surface area contributed by atoms with Gasteiger partial charge in [0.2, 0.25) is 0 Å². The lowest BCUT2D eigenvalue weighted by Crippen LogP contribution is -2.65. The molecule has 16 heavy (non-hydrogen) atoms. The average Bonchev–Trinajstić information content (AvgIpc) is 2.20. The molecule has 1 aromatic heterocycles. The third-order valence-corrected chi connectivity index (χ3v) is 3.35. The van der Waals surface area contributed by atoms with Crippen LogP contribution in [-0.4, -0.2) is 41.3 Å². The van der Waals surface area contributed by atoms with E-state index < -0.39 is 0 Å². The molecule has 2 fully saturated rings. The van der Waals surface area contributed by atoms with E-state index in [2.05, 4.69) is 9.88 Å². The second-order valence-corrected chi connectivity index (χ2v) is 4.92. The molecule has 3 heterocycles. The number of hydrogen-bond acceptors (Lipinski definition) is 4. The van der Waals surface area contributed by atoms with Crippen molar-refractivity contribution < 1.29 is 9.84 Å². The lowest BCUT2D eigenvalue weighted by molar-refractivity contribution is -0.191. The Morgan fingerprint density at radius 2 is 2.06 bits per heavy atom. The predicted molar refractivity (Wildman–Crippen MR) is 58.7 cm³/mol. The minimum absolute atomic E-state index is 0.0195. The lowest BCUT2D eigenvalue weighted by Gasteiger charge is -2.55. The molecular formula is C12H16N2O2. The third kappa shape index (κ3) is 1.73. The standard InChI is InChI=1S/C12H16N2O2/c15-5-11-3-1-2-10(13-11)4-14-6-12(7-14)8-16-9-12/h1-3,15H,4-9H2. The first-order valence-electron chi connectivity index (χ1n) is 5.65. The zero-order valence-electron chi connectivity index (χ0n) is 9.22. The Kier molecular flexibility index (Phi) is 2.42. The van der Waals surface area contributed by atoms with Crippen LogP contribution in [0.2, 0.25) is 0 Å². The largest absolute Gasteiger partial charge is 0.390 e. The summed E-state index contributed by atoms with van der Waals surface area (Å²) in [6, 6.07) is 5.82. The first kappa shape index (κ1) is 10.2. The van der Waals surface area contributed by atoms with Crippen LogP contribution < -0.4 is 0 Å². The van der Waals surface area contributed by atoms with Crippen LogP contribution >= 0.6 is 0 Å². The van der Waals surface area contributed by atoms with Gasteiger partial charge in [0.15, 0.2) is 0 Å². The molecule has 0 amide bonds. The summed E-state index contributed by atoms with van der Waals surface area (Å²) in [6.45, 7) is 5.00. The molecule has 4 heteroatoms. The average molecular weight is 220 g/mol. The molecule has 2 aliphatic rings. The highest BCUT2D eigenvalue weighted by Crippen LogP contribution is 2.37. The number of ether oxygens (including phenoxy) is 1. The number of likely N-dealkylation sites (tertiary alicyclic amines) is 1. The number of pyridine rings is 1. The molecule has 3 rings (SSSR count). The molecule has 2 saturated heterocycles. The predicted octanol–water partition coefficient (Wildman–Crippen LogP) is 0.406. The maximum atomic E-state index is 9.00. The normalized spacial score (nSPS) is 22.8. The van der Waals surface area contributed by atoms with Gasteiger partial charge in [-0.1, -0.05) is 6.07 Å². The number of aliphatic hydroxyl groups is 1. The molecule has 0 aromatic carbocycles. The molecular weight excluding hydrogens is 204 g/mol. The van der Waals surface area contributed by atoms with Gasteiger partial charge in [0.1, 0.15) is 0 Å². The Hall–Kier alpha value is -0.970. The molecule has 0 bridgehead atoms. The first-order valence-corrected chi connectivity index (χ1v) is 5.65. The van der Waals surface area contributed by atoms with Crippen molar-refractivity contribution >= 4 is 0 Å². The van der Waals surface area contributed by atoms with Crippen molar-refractivity contribution in [2.24, 2.45) is 5.41 Å². The van der Waals surface area contributed by atoms with E-state index in [-0.39, 0.29) is 6.61 Å². The van der Waals surface area contributed by atoms with Gasteiger partial charge in [0, 0.05) is 25.0 Å². The molecule has 0 atom stereocenters. The molecule has 0 saturated carbocycles. The summed E-state index contributed by atoms with van der Waals surface area (Å²) >= 11 is 0. The summed E-state index contributed by atoms with van der Waals surface area (Å²) in [7, 11) is 0. The smallest absolute Gasteiger partial charge is 0.0853 e. The highest BCUT2D eigenvalue weighted by Gasteiger charge is 2.48. The minimum atomic E-state index is 0.0195. The molecule has 0 unspecified atom stereocenters. The van der Waals surface area contributed by atoms with Crippen LogP contribution in [0, 0.1) is 5.41 Å². The van der Waals surface area contributed by atoms with Crippen LogP contribution in [0.25, 0.3) is 0 Å². The number of rotatable bonds is 3. The summed E-state index contributed by atoms with van der Waals surface area (Å²) in [5, 5.41) is 9.00. The number of hydrogen-bond donors (Lipinski definition) is 1. The van der Waals surface area contributed by atoms with E-state index in [0.717, 1.165) is 44.2 Å². The topological polar surface area (TPSA) is 45.6 Å². The van der Waals surface area contributed by atoms with Crippen LogP contribution in [0.15, 0.2) is 18.2 Å². The van der Waals surface area contributed by atoms with E-state index in [1.807, 2.05) is 18.2 Å². The van der Waals surface area contributed by atoms with Crippen molar-refractivity contribution in [1.82, 2.24) is 9.88 Å².